The molecular weight excluding hydrogens is 262 g/mol. The molecular formula is C15H20ClNO2. The molecule has 2 unspecified atom stereocenters. The lowest BCUT2D eigenvalue weighted by Gasteiger charge is -2.21. The Labute approximate surface area is 119 Å². The van der Waals surface area contributed by atoms with E-state index in [1.807, 2.05) is 18.2 Å². The molecule has 0 saturated carbocycles. The highest BCUT2D eigenvalue weighted by Crippen LogP contribution is 2.35. The second kappa shape index (κ2) is 5.83. The molecule has 1 heterocycles. The molecule has 1 aromatic rings. The second-order valence-electron chi connectivity index (χ2n) is 5.51. The summed E-state index contributed by atoms with van der Waals surface area (Å²) in [7, 11) is 1.60. The average Bonchev–Trinajstić information content (AvgIpc) is 2.69. The summed E-state index contributed by atoms with van der Waals surface area (Å²) < 4.78 is 5.16. The molecule has 0 aromatic heterocycles. The lowest BCUT2D eigenvalue weighted by atomic mass is 9.87. The number of rotatable bonds is 4. The molecule has 0 spiro atoms. The minimum Gasteiger partial charge on any atom is -0.495 e. The van der Waals surface area contributed by atoms with Crippen molar-refractivity contribution in [2.24, 2.45) is 5.92 Å². The Kier molecular flexibility index (Phi) is 4.35. The van der Waals surface area contributed by atoms with Crippen LogP contribution >= 0.6 is 11.6 Å². The highest BCUT2D eigenvalue weighted by Gasteiger charge is 2.33. The van der Waals surface area contributed by atoms with Crippen molar-refractivity contribution in [2.75, 3.05) is 7.11 Å². The first-order chi connectivity index (χ1) is 9.01. The molecule has 1 aliphatic heterocycles. The molecule has 1 aliphatic rings. The number of nitrogens with one attached hydrogen (secondary N) is 1. The molecule has 1 N–H and O–H groups in total. The van der Waals surface area contributed by atoms with Crippen LogP contribution in [-0.4, -0.2) is 19.1 Å². The van der Waals surface area contributed by atoms with Gasteiger partial charge in [-0.25, -0.2) is 0 Å². The summed E-state index contributed by atoms with van der Waals surface area (Å²) in [6.45, 7) is 4.34. The minimum atomic E-state index is 0.127. The molecule has 1 amide bonds. The fourth-order valence-corrected chi connectivity index (χ4v) is 2.97. The standard InChI is InChI=1S/C15H20ClNO2/c1-9(2)6-13-11(8-15(18)17-13)10-4-5-14(19-3)12(16)7-10/h4-5,7,9,11,13H,6,8H2,1-3H3,(H,17,18). The zero-order valence-corrected chi connectivity index (χ0v) is 12.3. The predicted molar refractivity (Wildman–Crippen MR) is 76.7 cm³/mol. The Bertz CT molecular complexity index is 473. The summed E-state index contributed by atoms with van der Waals surface area (Å²) in [5.74, 6) is 1.56. The monoisotopic (exact) mass is 281 g/mol. The van der Waals surface area contributed by atoms with E-state index in [0.717, 1.165) is 12.0 Å². The van der Waals surface area contributed by atoms with Gasteiger partial charge in [-0.15, -0.1) is 0 Å². The molecule has 2 atom stereocenters. The van der Waals surface area contributed by atoms with E-state index in [4.69, 9.17) is 16.3 Å². The van der Waals surface area contributed by atoms with Crippen LogP contribution < -0.4 is 10.1 Å². The van der Waals surface area contributed by atoms with Gasteiger partial charge in [-0.2, -0.15) is 0 Å². The van der Waals surface area contributed by atoms with E-state index in [-0.39, 0.29) is 17.9 Å². The maximum atomic E-state index is 11.7. The zero-order chi connectivity index (χ0) is 14.0. The first-order valence-corrected chi connectivity index (χ1v) is 7.02. The normalized spacial score (nSPS) is 22.7. The lowest BCUT2D eigenvalue weighted by Crippen LogP contribution is -2.29. The Morgan fingerprint density at radius 2 is 2.21 bits per heavy atom. The third kappa shape index (κ3) is 3.21. The van der Waals surface area contributed by atoms with Crippen molar-refractivity contribution in [2.45, 2.75) is 38.6 Å². The maximum Gasteiger partial charge on any atom is 0.220 e. The van der Waals surface area contributed by atoms with E-state index in [1.165, 1.54) is 0 Å². The number of hydrogen-bond acceptors (Lipinski definition) is 2. The first kappa shape index (κ1) is 14.2. The van der Waals surface area contributed by atoms with Crippen LogP contribution in [0.1, 0.15) is 38.2 Å². The highest BCUT2D eigenvalue weighted by molar-refractivity contribution is 6.32. The van der Waals surface area contributed by atoms with Gasteiger partial charge in [-0.3, -0.25) is 4.79 Å². The third-order valence-electron chi connectivity index (χ3n) is 3.57. The van der Waals surface area contributed by atoms with Gasteiger partial charge in [0.2, 0.25) is 5.91 Å². The van der Waals surface area contributed by atoms with Crippen molar-refractivity contribution in [1.29, 1.82) is 0 Å². The summed E-state index contributed by atoms with van der Waals surface area (Å²) >= 11 is 6.17. The van der Waals surface area contributed by atoms with Gasteiger partial charge < -0.3 is 10.1 Å². The highest BCUT2D eigenvalue weighted by atomic mass is 35.5. The Balaban J connectivity index is 2.23. The molecule has 1 aromatic carbocycles. The fraction of sp³-hybridized carbons (Fsp3) is 0.533. The van der Waals surface area contributed by atoms with Crippen LogP contribution in [0.2, 0.25) is 5.02 Å². The van der Waals surface area contributed by atoms with Gasteiger partial charge in [0, 0.05) is 18.4 Å². The van der Waals surface area contributed by atoms with Crippen LogP contribution in [0.3, 0.4) is 0 Å². The van der Waals surface area contributed by atoms with Crippen molar-refractivity contribution in [1.82, 2.24) is 5.32 Å². The van der Waals surface area contributed by atoms with Gasteiger partial charge in [-0.05, 0) is 30.0 Å². The molecule has 0 bridgehead atoms. The summed E-state index contributed by atoms with van der Waals surface area (Å²) in [6.07, 6.45) is 1.53. The van der Waals surface area contributed by atoms with E-state index in [9.17, 15) is 4.79 Å². The molecule has 4 heteroatoms. The van der Waals surface area contributed by atoms with Gasteiger partial charge in [0.15, 0.2) is 0 Å². The molecule has 1 fully saturated rings. The first-order valence-electron chi connectivity index (χ1n) is 6.64. The number of benzene rings is 1. The maximum absolute atomic E-state index is 11.7. The van der Waals surface area contributed by atoms with Crippen molar-refractivity contribution in [3.8, 4) is 5.75 Å². The Hall–Kier alpha value is -1.22. The van der Waals surface area contributed by atoms with E-state index >= 15 is 0 Å². The topological polar surface area (TPSA) is 38.3 Å². The minimum absolute atomic E-state index is 0.127. The number of carbonyl (C=O) groups is 1. The van der Waals surface area contributed by atoms with Crippen LogP contribution in [0.4, 0.5) is 0 Å². The molecule has 1 saturated heterocycles. The molecule has 0 aliphatic carbocycles. The average molecular weight is 282 g/mol. The van der Waals surface area contributed by atoms with E-state index < -0.39 is 0 Å². The number of hydrogen-bond donors (Lipinski definition) is 1. The third-order valence-corrected chi connectivity index (χ3v) is 3.86. The number of ether oxygens (including phenoxy) is 1. The Morgan fingerprint density at radius 3 is 2.79 bits per heavy atom. The SMILES string of the molecule is COc1ccc(C2CC(=O)NC2CC(C)C)cc1Cl. The summed E-state index contributed by atoms with van der Waals surface area (Å²) in [6, 6.07) is 5.99. The quantitative estimate of drug-likeness (QED) is 0.919. The van der Waals surface area contributed by atoms with Crippen molar-refractivity contribution in [3.63, 3.8) is 0 Å². The summed E-state index contributed by atoms with van der Waals surface area (Å²) in [4.78, 5) is 11.7. The largest absolute Gasteiger partial charge is 0.495 e. The zero-order valence-electron chi connectivity index (χ0n) is 11.6. The van der Waals surface area contributed by atoms with Gasteiger partial charge in [0.05, 0.1) is 12.1 Å². The van der Waals surface area contributed by atoms with E-state index in [2.05, 4.69) is 19.2 Å². The summed E-state index contributed by atoms with van der Waals surface area (Å²) in [5.41, 5.74) is 1.11. The number of amides is 1. The predicted octanol–water partition coefficient (Wildman–Crippen LogP) is 3.37. The molecule has 3 nitrogen and oxygen atoms in total. The lowest BCUT2D eigenvalue weighted by molar-refractivity contribution is -0.119. The Morgan fingerprint density at radius 1 is 1.47 bits per heavy atom. The van der Waals surface area contributed by atoms with E-state index in [0.29, 0.717) is 23.1 Å². The molecule has 19 heavy (non-hydrogen) atoms. The van der Waals surface area contributed by atoms with Crippen molar-refractivity contribution < 1.29 is 9.53 Å². The van der Waals surface area contributed by atoms with Crippen LogP contribution in [0.25, 0.3) is 0 Å². The number of halogens is 1. The fourth-order valence-electron chi connectivity index (χ4n) is 2.70. The van der Waals surface area contributed by atoms with Gasteiger partial charge >= 0.3 is 0 Å². The molecule has 104 valence electrons. The number of methoxy groups -OCH3 is 1. The van der Waals surface area contributed by atoms with Crippen LogP contribution in [-0.2, 0) is 4.79 Å². The van der Waals surface area contributed by atoms with Crippen LogP contribution in [0.5, 0.6) is 5.75 Å². The van der Waals surface area contributed by atoms with E-state index in [1.54, 1.807) is 7.11 Å². The second-order valence-corrected chi connectivity index (χ2v) is 5.92. The summed E-state index contributed by atoms with van der Waals surface area (Å²) in [5, 5.41) is 3.67. The van der Waals surface area contributed by atoms with Gasteiger partial charge in [0.25, 0.3) is 0 Å². The van der Waals surface area contributed by atoms with Crippen LogP contribution in [0, 0.1) is 5.92 Å². The van der Waals surface area contributed by atoms with Gasteiger partial charge in [0.1, 0.15) is 5.75 Å². The van der Waals surface area contributed by atoms with Crippen LogP contribution in [0.15, 0.2) is 18.2 Å². The van der Waals surface area contributed by atoms with Crippen molar-refractivity contribution in [3.05, 3.63) is 28.8 Å². The number of carbonyl (C=O) groups excluding carboxylic acids is 1. The van der Waals surface area contributed by atoms with Crippen molar-refractivity contribution >= 4 is 17.5 Å². The molecule has 2 rings (SSSR count). The molecule has 0 radical (unpaired) electrons. The smallest absolute Gasteiger partial charge is 0.220 e. The van der Waals surface area contributed by atoms with Gasteiger partial charge in [-0.1, -0.05) is 31.5 Å².